The van der Waals surface area contributed by atoms with E-state index in [1.807, 2.05) is 28.8 Å². The molecule has 0 bridgehead atoms. The van der Waals surface area contributed by atoms with Gasteiger partial charge in [-0.25, -0.2) is 4.52 Å². The van der Waals surface area contributed by atoms with Crippen molar-refractivity contribution in [1.29, 1.82) is 0 Å². The molecule has 2 rings (SSSR count). The highest BCUT2D eigenvalue weighted by Crippen LogP contribution is 2.05. The van der Waals surface area contributed by atoms with E-state index in [9.17, 15) is 4.79 Å². The molecule has 0 saturated carbocycles. The SMILES string of the molecule is CC(=O)NCc1cccc2ccnn12. The molecule has 0 fully saturated rings. The summed E-state index contributed by atoms with van der Waals surface area (Å²) in [6, 6.07) is 7.80. The Morgan fingerprint density at radius 3 is 3.14 bits per heavy atom. The van der Waals surface area contributed by atoms with Gasteiger partial charge in [-0.1, -0.05) is 6.07 Å². The molecule has 0 spiro atoms. The van der Waals surface area contributed by atoms with Crippen molar-refractivity contribution in [3.8, 4) is 0 Å². The molecule has 0 aromatic carbocycles. The van der Waals surface area contributed by atoms with E-state index < -0.39 is 0 Å². The zero-order chi connectivity index (χ0) is 9.97. The Balaban J connectivity index is 2.32. The molecule has 1 amide bonds. The average molecular weight is 189 g/mol. The maximum absolute atomic E-state index is 10.8. The minimum atomic E-state index is -0.0332. The Labute approximate surface area is 81.5 Å². The number of nitrogens with one attached hydrogen (secondary N) is 1. The van der Waals surface area contributed by atoms with Crippen molar-refractivity contribution in [1.82, 2.24) is 14.9 Å². The smallest absolute Gasteiger partial charge is 0.217 e. The summed E-state index contributed by atoms with van der Waals surface area (Å²) in [5.74, 6) is -0.0332. The van der Waals surface area contributed by atoms with Crippen LogP contribution in [0.5, 0.6) is 0 Å². The van der Waals surface area contributed by atoms with Gasteiger partial charge in [0.1, 0.15) is 0 Å². The summed E-state index contributed by atoms with van der Waals surface area (Å²) in [6.45, 7) is 2.01. The molecule has 14 heavy (non-hydrogen) atoms. The predicted molar refractivity (Wildman–Crippen MR) is 52.7 cm³/mol. The van der Waals surface area contributed by atoms with Crippen molar-refractivity contribution in [3.63, 3.8) is 0 Å². The summed E-state index contributed by atoms with van der Waals surface area (Å²) in [7, 11) is 0. The van der Waals surface area contributed by atoms with Crippen molar-refractivity contribution in [2.45, 2.75) is 13.5 Å². The van der Waals surface area contributed by atoms with Gasteiger partial charge >= 0.3 is 0 Å². The Bertz CT molecular complexity index is 461. The zero-order valence-corrected chi connectivity index (χ0v) is 7.90. The molecule has 2 aromatic rings. The van der Waals surface area contributed by atoms with Crippen LogP contribution in [0.2, 0.25) is 0 Å². The largest absolute Gasteiger partial charge is 0.351 e. The van der Waals surface area contributed by atoms with Gasteiger partial charge < -0.3 is 5.32 Å². The first-order valence-corrected chi connectivity index (χ1v) is 4.43. The van der Waals surface area contributed by atoms with Crippen LogP contribution in [0.4, 0.5) is 0 Å². The molecule has 2 heterocycles. The van der Waals surface area contributed by atoms with Gasteiger partial charge in [-0.15, -0.1) is 0 Å². The Morgan fingerprint density at radius 2 is 2.36 bits per heavy atom. The van der Waals surface area contributed by atoms with Crippen LogP contribution in [0.15, 0.2) is 30.5 Å². The van der Waals surface area contributed by atoms with Crippen molar-refractivity contribution in [3.05, 3.63) is 36.2 Å². The van der Waals surface area contributed by atoms with Gasteiger partial charge in [-0.05, 0) is 18.2 Å². The van der Waals surface area contributed by atoms with Crippen LogP contribution >= 0.6 is 0 Å². The number of nitrogens with zero attached hydrogens (tertiary/aromatic N) is 2. The molecule has 4 heteroatoms. The van der Waals surface area contributed by atoms with Gasteiger partial charge in [0.15, 0.2) is 0 Å². The van der Waals surface area contributed by atoms with Gasteiger partial charge in [-0.2, -0.15) is 5.10 Å². The van der Waals surface area contributed by atoms with Crippen molar-refractivity contribution >= 4 is 11.4 Å². The van der Waals surface area contributed by atoms with Crippen LogP contribution in [0.25, 0.3) is 5.52 Å². The van der Waals surface area contributed by atoms with Crippen molar-refractivity contribution in [2.24, 2.45) is 0 Å². The zero-order valence-electron chi connectivity index (χ0n) is 7.90. The highest BCUT2D eigenvalue weighted by Gasteiger charge is 2.00. The molecular weight excluding hydrogens is 178 g/mol. The van der Waals surface area contributed by atoms with E-state index in [0.717, 1.165) is 11.2 Å². The van der Waals surface area contributed by atoms with Gasteiger partial charge in [0.05, 0.1) is 17.8 Å². The number of rotatable bonds is 2. The minimum Gasteiger partial charge on any atom is -0.351 e. The molecular formula is C10H11N3O. The number of hydrogen-bond acceptors (Lipinski definition) is 2. The third kappa shape index (κ3) is 1.59. The average Bonchev–Trinajstić information content (AvgIpc) is 2.62. The molecule has 0 aliphatic carbocycles. The summed E-state index contributed by atoms with van der Waals surface area (Å²) in [4.78, 5) is 10.8. The lowest BCUT2D eigenvalue weighted by Crippen LogP contribution is -2.20. The second-order valence-electron chi connectivity index (χ2n) is 3.09. The van der Waals surface area contributed by atoms with E-state index in [2.05, 4.69) is 10.4 Å². The lowest BCUT2D eigenvalue weighted by atomic mass is 10.3. The number of amides is 1. The van der Waals surface area contributed by atoms with Crippen LogP contribution in [0.3, 0.4) is 0 Å². The number of carbonyl (C=O) groups is 1. The van der Waals surface area contributed by atoms with E-state index >= 15 is 0 Å². The predicted octanol–water partition coefficient (Wildman–Crippen LogP) is 0.970. The Kier molecular flexibility index (Phi) is 2.18. The highest BCUT2D eigenvalue weighted by molar-refractivity contribution is 5.72. The van der Waals surface area contributed by atoms with Crippen LogP contribution in [-0.2, 0) is 11.3 Å². The topological polar surface area (TPSA) is 46.4 Å². The number of pyridine rings is 1. The molecule has 0 saturated heterocycles. The first-order chi connectivity index (χ1) is 6.77. The lowest BCUT2D eigenvalue weighted by Gasteiger charge is -2.04. The normalized spacial score (nSPS) is 10.4. The number of fused-ring (bicyclic) bond motifs is 1. The van der Waals surface area contributed by atoms with Gasteiger partial charge in [0.2, 0.25) is 5.91 Å². The minimum absolute atomic E-state index is 0.0332. The molecule has 0 radical (unpaired) electrons. The molecule has 0 atom stereocenters. The van der Waals surface area contributed by atoms with E-state index in [-0.39, 0.29) is 5.91 Å². The fourth-order valence-corrected chi connectivity index (χ4v) is 1.36. The second-order valence-corrected chi connectivity index (χ2v) is 3.09. The van der Waals surface area contributed by atoms with E-state index in [4.69, 9.17) is 0 Å². The summed E-state index contributed by atoms with van der Waals surface area (Å²) in [5.41, 5.74) is 2.01. The molecule has 1 N–H and O–H groups in total. The van der Waals surface area contributed by atoms with Crippen LogP contribution in [-0.4, -0.2) is 15.5 Å². The number of aromatic nitrogens is 2. The maximum Gasteiger partial charge on any atom is 0.217 e. The first kappa shape index (κ1) is 8.74. The molecule has 0 aliphatic heterocycles. The summed E-state index contributed by atoms with van der Waals surface area (Å²) >= 11 is 0. The van der Waals surface area contributed by atoms with Crippen LogP contribution in [0, 0.1) is 0 Å². The second kappa shape index (κ2) is 3.49. The van der Waals surface area contributed by atoms with Crippen molar-refractivity contribution < 1.29 is 4.79 Å². The monoisotopic (exact) mass is 189 g/mol. The van der Waals surface area contributed by atoms with Crippen molar-refractivity contribution in [2.75, 3.05) is 0 Å². The van der Waals surface area contributed by atoms with E-state index in [1.165, 1.54) is 6.92 Å². The molecule has 0 unspecified atom stereocenters. The lowest BCUT2D eigenvalue weighted by molar-refractivity contribution is -0.119. The number of hydrogen-bond donors (Lipinski definition) is 1. The first-order valence-electron chi connectivity index (χ1n) is 4.43. The summed E-state index contributed by atoms with van der Waals surface area (Å²) in [5, 5.41) is 6.91. The number of carbonyl (C=O) groups excluding carboxylic acids is 1. The standard InChI is InChI=1S/C10H11N3O/c1-8(14)11-7-10-4-2-3-9-5-6-12-13(9)10/h2-6H,7H2,1H3,(H,11,14). The van der Waals surface area contributed by atoms with Gasteiger partial charge in [-0.3, -0.25) is 4.79 Å². The molecule has 0 aliphatic rings. The quantitative estimate of drug-likeness (QED) is 0.765. The summed E-state index contributed by atoms with van der Waals surface area (Å²) in [6.07, 6.45) is 1.74. The summed E-state index contributed by atoms with van der Waals surface area (Å²) < 4.78 is 1.82. The third-order valence-corrected chi connectivity index (χ3v) is 2.02. The fourth-order valence-electron chi connectivity index (χ4n) is 1.36. The van der Waals surface area contributed by atoms with E-state index in [1.54, 1.807) is 6.20 Å². The van der Waals surface area contributed by atoms with Crippen LogP contribution < -0.4 is 5.32 Å². The van der Waals surface area contributed by atoms with Gasteiger partial charge in [0, 0.05) is 13.1 Å². The fraction of sp³-hybridized carbons (Fsp3) is 0.200. The molecule has 4 nitrogen and oxygen atoms in total. The Morgan fingerprint density at radius 1 is 1.50 bits per heavy atom. The van der Waals surface area contributed by atoms with Gasteiger partial charge in [0.25, 0.3) is 0 Å². The van der Waals surface area contributed by atoms with Crippen LogP contribution in [0.1, 0.15) is 12.6 Å². The maximum atomic E-state index is 10.8. The Hall–Kier alpha value is -1.84. The van der Waals surface area contributed by atoms with E-state index in [0.29, 0.717) is 6.54 Å². The molecule has 2 aromatic heterocycles. The molecule has 72 valence electrons. The third-order valence-electron chi connectivity index (χ3n) is 2.02. The highest BCUT2D eigenvalue weighted by atomic mass is 16.1.